The van der Waals surface area contributed by atoms with Crippen LogP contribution in [0.15, 0.2) is 58.2 Å². The first-order chi connectivity index (χ1) is 16.2. The van der Waals surface area contributed by atoms with Gasteiger partial charge < -0.3 is 14.4 Å². The highest BCUT2D eigenvalue weighted by molar-refractivity contribution is 7.89. The summed E-state index contributed by atoms with van der Waals surface area (Å²) in [5.74, 6) is 1.33. The minimum absolute atomic E-state index is 0.0733. The summed E-state index contributed by atoms with van der Waals surface area (Å²) in [5.41, 5.74) is 2.68. The molecule has 3 aromatic rings. The lowest BCUT2D eigenvalue weighted by Gasteiger charge is -2.34. The molecule has 1 saturated heterocycles. The van der Waals surface area contributed by atoms with Crippen molar-refractivity contribution in [2.24, 2.45) is 0 Å². The number of rotatable bonds is 6. The van der Waals surface area contributed by atoms with Crippen LogP contribution in [0.2, 0.25) is 0 Å². The van der Waals surface area contributed by atoms with Gasteiger partial charge in [0.2, 0.25) is 10.0 Å². The highest BCUT2D eigenvalue weighted by Gasteiger charge is 2.31. The minimum Gasteiger partial charge on any atom is -0.497 e. The summed E-state index contributed by atoms with van der Waals surface area (Å²) >= 11 is 0. The SMILES string of the molecule is COc1ccc(OC)c(S(=O)(=O)N2CCN(c3ccc(=O)n(-c4ccc(C)c(C)c4)n3)CC2)c1. The van der Waals surface area contributed by atoms with E-state index >= 15 is 0 Å². The van der Waals surface area contributed by atoms with Gasteiger partial charge in [-0.15, -0.1) is 5.10 Å². The Labute approximate surface area is 199 Å². The van der Waals surface area contributed by atoms with E-state index in [9.17, 15) is 13.2 Å². The van der Waals surface area contributed by atoms with Crippen LogP contribution in [0.3, 0.4) is 0 Å². The van der Waals surface area contributed by atoms with Crippen LogP contribution in [0, 0.1) is 13.8 Å². The van der Waals surface area contributed by atoms with Crippen molar-refractivity contribution in [1.29, 1.82) is 0 Å². The zero-order valence-corrected chi connectivity index (χ0v) is 20.5. The predicted octanol–water partition coefficient (Wildman–Crippen LogP) is 2.38. The number of hydrogen-bond donors (Lipinski definition) is 0. The molecule has 1 aliphatic heterocycles. The third-order valence-electron chi connectivity index (χ3n) is 6.07. The van der Waals surface area contributed by atoms with E-state index in [0.29, 0.717) is 30.3 Å². The Morgan fingerprint density at radius 2 is 1.59 bits per heavy atom. The Hall–Kier alpha value is -3.37. The number of nitrogens with zero attached hydrogens (tertiary/aromatic N) is 4. The molecule has 0 saturated carbocycles. The lowest BCUT2D eigenvalue weighted by molar-refractivity contribution is 0.370. The van der Waals surface area contributed by atoms with Crippen LogP contribution < -0.4 is 19.9 Å². The molecule has 0 radical (unpaired) electrons. The number of piperazine rings is 1. The molecule has 9 nitrogen and oxygen atoms in total. The van der Waals surface area contributed by atoms with Gasteiger partial charge in [-0.3, -0.25) is 4.79 Å². The summed E-state index contributed by atoms with van der Waals surface area (Å²) in [6.07, 6.45) is 0. The second-order valence-corrected chi connectivity index (χ2v) is 10.0. The largest absolute Gasteiger partial charge is 0.497 e. The number of anilines is 1. The van der Waals surface area contributed by atoms with Crippen molar-refractivity contribution in [1.82, 2.24) is 14.1 Å². The standard InChI is InChI=1S/C24H28N4O5S/c1-17-5-6-19(15-18(17)2)28-24(29)10-9-23(25-28)26-11-13-27(14-12-26)34(30,31)22-16-20(32-3)7-8-21(22)33-4/h5-10,15-16H,11-14H2,1-4H3. The molecule has 0 bridgehead atoms. The molecule has 180 valence electrons. The van der Waals surface area contributed by atoms with Gasteiger partial charge in [-0.1, -0.05) is 6.07 Å². The Kier molecular flexibility index (Phi) is 6.63. The topological polar surface area (TPSA) is 94.0 Å². The number of aromatic nitrogens is 2. The molecule has 1 fully saturated rings. The van der Waals surface area contributed by atoms with Crippen molar-refractivity contribution in [3.05, 3.63) is 70.0 Å². The van der Waals surface area contributed by atoms with Crippen molar-refractivity contribution in [2.45, 2.75) is 18.7 Å². The number of benzene rings is 2. The zero-order chi connectivity index (χ0) is 24.5. The van der Waals surface area contributed by atoms with Crippen molar-refractivity contribution < 1.29 is 17.9 Å². The molecule has 0 spiro atoms. The van der Waals surface area contributed by atoms with Gasteiger partial charge >= 0.3 is 0 Å². The summed E-state index contributed by atoms with van der Waals surface area (Å²) in [5, 5.41) is 4.56. The molecule has 0 amide bonds. The lowest BCUT2D eigenvalue weighted by atomic mass is 10.1. The van der Waals surface area contributed by atoms with Gasteiger partial charge in [0.05, 0.1) is 19.9 Å². The van der Waals surface area contributed by atoms with Gasteiger partial charge in [0, 0.05) is 38.3 Å². The third kappa shape index (κ3) is 4.51. The maximum atomic E-state index is 13.3. The molecule has 1 aliphatic rings. The number of methoxy groups -OCH3 is 2. The first kappa shape index (κ1) is 23.8. The van der Waals surface area contributed by atoms with E-state index in [1.54, 1.807) is 18.2 Å². The quantitative estimate of drug-likeness (QED) is 0.530. The van der Waals surface area contributed by atoms with Crippen LogP contribution in [0.5, 0.6) is 11.5 Å². The summed E-state index contributed by atoms with van der Waals surface area (Å²) in [7, 11) is -0.857. The number of ether oxygens (including phenoxy) is 2. The van der Waals surface area contributed by atoms with Gasteiger partial charge in [-0.05, 0) is 55.3 Å². The smallest absolute Gasteiger partial charge is 0.271 e. The van der Waals surface area contributed by atoms with E-state index in [4.69, 9.17) is 9.47 Å². The Balaban J connectivity index is 1.55. The Morgan fingerprint density at radius 1 is 0.853 bits per heavy atom. The van der Waals surface area contributed by atoms with Gasteiger partial charge in [0.1, 0.15) is 22.2 Å². The van der Waals surface area contributed by atoms with Gasteiger partial charge in [-0.2, -0.15) is 8.99 Å². The Bertz CT molecular complexity index is 1360. The molecule has 2 heterocycles. The molecular weight excluding hydrogens is 456 g/mol. The summed E-state index contributed by atoms with van der Waals surface area (Å²) in [4.78, 5) is 14.5. The zero-order valence-electron chi connectivity index (χ0n) is 19.7. The van der Waals surface area contributed by atoms with Gasteiger partial charge in [-0.25, -0.2) is 8.42 Å². The van der Waals surface area contributed by atoms with Gasteiger partial charge in [0.25, 0.3) is 5.56 Å². The fourth-order valence-electron chi connectivity index (χ4n) is 3.89. The Morgan fingerprint density at radius 3 is 2.24 bits per heavy atom. The minimum atomic E-state index is -3.78. The first-order valence-electron chi connectivity index (χ1n) is 10.9. The fraction of sp³-hybridized carbons (Fsp3) is 0.333. The summed E-state index contributed by atoms with van der Waals surface area (Å²) in [6.45, 7) is 5.42. The molecule has 0 N–H and O–H groups in total. The first-order valence-corrected chi connectivity index (χ1v) is 12.3. The highest BCUT2D eigenvalue weighted by Crippen LogP contribution is 2.31. The number of sulfonamides is 1. The molecule has 0 unspecified atom stereocenters. The van der Waals surface area contributed by atoms with Crippen molar-refractivity contribution in [3.63, 3.8) is 0 Å². The molecule has 0 atom stereocenters. The molecule has 10 heteroatoms. The molecule has 2 aromatic carbocycles. The fourth-order valence-corrected chi connectivity index (χ4v) is 5.49. The second kappa shape index (κ2) is 9.47. The average Bonchev–Trinajstić information content (AvgIpc) is 2.85. The van der Waals surface area contributed by atoms with Crippen LogP contribution in [0.25, 0.3) is 5.69 Å². The van der Waals surface area contributed by atoms with E-state index in [0.717, 1.165) is 11.1 Å². The van der Waals surface area contributed by atoms with Crippen molar-refractivity contribution >= 4 is 15.8 Å². The average molecular weight is 485 g/mol. The van der Waals surface area contributed by atoms with Gasteiger partial charge in [0.15, 0.2) is 0 Å². The van der Waals surface area contributed by atoms with Crippen LogP contribution in [-0.2, 0) is 10.0 Å². The third-order valence-corrected chi connectivity index (χ3v) is 7.99. The van der Waals surface area contributed by atoms with Crippen LogP contribution in [0.1, 0.15) is 11.1 Å². The van der Waals surface area contributed by atoms with Crippen LogP contribution in [0.4, 0.5) is 5.82 Å². The van der Waals surface area contributed by atoms with E-state index in [1.165, 1.54) is 35.3 Å². The van der Waals surface area contributed by atoms with E-state index in [2.05, 4.69) is 5.10 Å². The maximum absolute atomic E-state index is 13.3. The summed E-state index contributed by atoms with van der Waals surface area (Å²) < 4.78 is 40.0. The van der Waals surface area contributed by atoms with E-state index in [1.807, 2.05) is 36.9 Å². The number of aryl methyl sites for hydroxylation is 2. The van der Waals surface area contributed by atoms with Crippen LogP contribution in [-0.4, -0.2) is 62.9 Å². The normalized spacial score (nSPS) is 14.8. The van der Waals surface area contributed by atoms with Crippen LogP contribution >= 0.6 is 0 Å². The highest BCUT2D eigenvalue weighted by atomic mass is 32.2. The molecule has 4 rings (SSSR count). The predicted molar refractivity (Wildman–Crippen MR) is 130 cm³/mol. The van der Waals surface area contributed by atoms with Crippen molar-refractivity contribution in [2.75, 3.05) is 45.3 Å². The van der Waals surface area contributed by atoms with E-state index < -0.39 is 10.0 Å². The number of hydrogen-bond acceptors (Lipinski definition) is 7. The molecular formula is C24H28N4O5S. The van der Waals surface area contributed by atoms with Crippen molar-refractivity contribution in [3.8, 4) is 17.2 Å². The molecule has 34 heavy (non-hydrogen) atoms. The van der Waals surface area contributed by atoms with E-state index in [-0.39, 0.29) is 29.3 Å². The second-order valence-electron chi connectivity index (χ2n) is 8.12. The molecule has 1 aromatic heterocycles. The maximum Gasteiger partial charge on any atom is 0.271 e. The molecule has 0 aliphatic carbocycles. The summed E-state index contributed by atoms with van der Waals surface area (Å²) in [6, 6.07) is 13.6. The monoisotopic (exact) mass is 484 g/mol. The lowest BCUT2D eigenvalue weighted by Crippen LogP contribution is -2.49.